The number of carbonyl (C=O) groups is 2. The summed E-state index contributed by atoms with van der Waals surface area (Å²) >= 11 is 0. The molecule has 0 saturated carbocycles. The van der Waals surface area contributed by atoms with Crippen molar-refractivity contribution in [2.45, 2.75) is 33.2 Å². The van der Waals surface area contributed by atoms with Crippen LogP contribution in [0, 0.1) is 6.92 Å². The highest BCUT2D eigenvalue weighted by atomic mass is 16.3. The number of Topliss-reactive ketones (excluding diaryl/α,β-unsaturated/α-hetero) is 1. The number of likely N-dealkylation sites (tertiary alicyclic amines) is 1. The van der Waals surface area contributed by atoms with E-state index < -0.39 is 17.7 Å². The van der Waals surface area contributed by atoms with Gasteiger partial charge in [0.1, 0.15) is 11.8 Å². The average molecular weight is 474 g/mol. The van der Waals surface area contributed by atoms with E-state index in [1.165, 1.54) is 11.1 Å². The minimum atomic E-state index is -0.757. The van der Waals surface area contributed by atoms with Crippen molar-refractivity contribution in [1.82, 2.24) is 24.6 Å². The number of rotatable bonds is 9. The molecular weight excluding hydrogens is 442 g/mol. The third kappa shape index (κ3) is 4.74. The number of carbonyl (C=O) groups excluding carboxylic acids is 2. The van der Waals surface area contributed by atoms with Gasteiger partial charge in [0, 0.05) is 12.7 Å². The molecule has 2 aromatic heterocycles. The molecule has 182 valence electrons. The summed E-state index contributed by atoms with van der Waals surface area (Å²) in [5.41, 5.74) is 2.51. The zero-order chi connectivity index (χ0) is 24.9. The Balaban J connectivity index is 1.74. The molecule has 4 rings (SSSR count). The van der Waals surface area contributed by atoms with Crippen LogP contribution in [0.2, 0.25) is 0 Å². The first-order valence-electron chi connectivity index (χ1n) is 12.0. The van der Waals surface area contributed by atoms with Crippen molar-refractivity contribution in [3.63, 3.8) is 0 Å². The maximum atomic E-state index is 13.2. The Morgan fingerprint density at radius 2 is 1.77 bits per heavy atom. The Morgan fingerprint density at radius 1 is 1.06 bits per heavy atom. The summed E-state index contributed by atoms with van der Waals surface area (Å²) in [6.07, 6.45) is 3.87. The monoisotopic (exact) mass is 473 g/mol. The molecule has 35 heavy (non-hydrogen) atoms. The summed E-state index contributed by atoms with van der Waals surface area (Å²) in [7, 11) is 0. The topological polar surface area (TPSA) is 91.6 Å². The van der Waals surface area contributed by atoms with E-state index in [-0.39, 0.29) is 11.3 Å². The van der Waals surface area contributed by atoms with Gasteiger partial charge >= 0.3 is 0 Å². The van der Waals surface area contributed by atoms with Gasteiger partial charge in [-0.05, 0) is 57.2 Å². The molecule has 1 unspecified atom stereocenters. The van der Waals surface area contributed by atoms with Crippen molar-refractivity contribution in [1.29, 1.82) is 0 Å². The van der Waals surface area contributed by atoms with Gasteiger partial charge in [-0.3, -0.25) is 14.6 Å². The number of amides is 1. The molecule has 1 aliphatic rings. The Hall–Kier alpha value is -3.78. The van der Waals surface area contributed by atoms with Crippen LogP contribution in [0.1, 0.15) is 43.3 Å². The summed E-state index contributed by atoms with van der Waals surface area (Å²) in [6, 6.07) is 14.2. The number of hydrogen-bond donors (Lipinski definition) is 1. The van der Waals surface area contributed by atoms with E-state index >= 15 is 0 Å². The average Bonchev–Trinajstić information content (AvgIpc) is 3.40. The molecule has 8 nitrogen and oxygen atoms in total. The number of ketones is 1. The Morgan fingerprint density at radius 3 is 2.43 bits per heavy atom. The van der Waals surface area contributed by atoms with Crippen LogP contribution in [-0.2, 0) is 9.59 Å². The van der Waals surface area contributed by atoms with E-state index in [9.17, 15) is 14.7 Å². The first-order valence-corrected chi connectivity index (χ1v) is 12.0. The minimum Gasteiger partial charge on any atom is -0.507 e. The van der Waals surface area contributed by atoms with Crippen LogP contribution < -0.4 is 0 Å². The zero-order valence-corrected chi connectivity index (χ0v) is 20.4. The number of aliphatic hydroxyl groups is 1. The van der Waals surface area contributed by atoms with Crippen LogP contribution in [0.3, 0.4) is 0 Å². The molecule has 1 saturated heterocycles. The number of para-hydroxylation sites is 1. The fraction of sp³-hybridized carbons (Fsp3) is 0.333. The normalized spacial score (nSPS) is 17.5. The first-order chi connectivity index (χ1) is 17.0. The predicted molar refractivity (Wildman–Crippen MR) is 134 cm³/mol. The SMILES string of the molecule is CCN(CC)CCCN1C(=O)C(=O)C(=C(O)c2cnn(-c3ccccc3)c2C)C1c1ccccn1. The molecule has 1 aromatic carbocycles. The quantitative estimate of drug-likeness (QED) is 0.289. The molecule has 1 fully saturated rings. The van der Waals surface area contributed by atoms with Gasteiger partial charge in [0.15, 0.2) is 0 Å². The maximum Gasteiger partial charge on any atom is 0.295 e. The van der Waals surface area contributed by atoms with Crippen molar-refractivity contribution < 1.29 is 14.7 Å². The lowest BCUT2D eigenvalue weighted by Crippen LogP contribution is -2.33. The van der Waals surface area contributed by atoms with Crippen LogP contribution >= 0.6 is 0 Å². The number of benzene rings is 1. The Bertz CT molecular complexity index is 1220. The molecular formula is C27H31N5O3. The van der Waals surface area contributed by atoms with Gasteiger partial charge in [-0.15, -0.1) is 0 Å². The minimum absolute atomic E-state index is 0.0484. The van der Waals surface area contributed by atoms with Gasteiger partial charge in [0.25, 0.3) is 11.7 Å². The van der Waals surface area contributed by atoms with Gasteiger partial charge in [-0.1, -0.05) is 38.1 Å². The van der Waals surface area contributed by atoms with Crippen LogP contribution in [0.4, 0.5) is 0 Å². The largest absolute Gasteiger partial charge is 0.507 e. The number of hydrogen-bond acceptors (Lipinski definition) is 6. The van der Waals surface area contributed by atoms with E-state index in [1.54, 1.807) is 23.0 Å². The number of nitrogens with zero attached hydrogens (tertiary/aromatic N) is 5. The highest BCUT2D eigenvalue weighted by Gasteiger charge is 2.46. The molecule has 0 spiro atoms. The molecule has 3 aromatic rings. The summed E-state index contributed by atoms with van der Waals surface area (Å²) in [4.78, 5) is 34.6. The fourth-order valence-corrected chi connectivity index (χ4v) is 4.58. The van der Waals surface area contributed by atoms with E-state index in [1.807, 2.05) is 43.3 Å². The van der Waals surface area contributed by atoms with Gasteiger partial charge in [0.05, 0.1) is 34.4 Å². The summed E-state index contributed by atoms with van der Waals surface area (Å²) in [6.45, 7) is 9.07. The van der Waals surface area contributed by atoms with Gasteiger partial charge in [-0.25, -0.2) is 4.68 Å². The summed E-state index contributed by atoms with van der Waals surface area (Å²) < 4.78 is 1.70. The van der Waals surface area contributed by atoms with Crippen molar-refractivity contribution in [3.8, 4) is 5.69 Å². The summed E-state index contributed by atoms with van der Waals surface area (Å²) in [5.74, 6) is -1.55. The molecule has 1 N–H and O–H groups in total. The maximum absolute atomic E-state index is 13.2. The van der Waals surface area contributed by atoms with Crippen LogP contribution in [0.25, 0.3) is 11.4 Å². The van der Waals surface area contributed by atoms with E-state index in [0.29, 0.717) is 29.9 Å². The Labute approximate surface area is 205 Å². The lowest BCUT2D eigenvalue weighted by atomic mass is 9.98. The zero-order valence-electron chi connectivity index (χ0n) is 20.4. The lowest BCUT2D eigenvalue weighted by Gasteiger charge is -2.26. The molecule has 1 aliphatic heterocycles. The van der Waals surface area contributed by atoms with E-state index in [4.69, 9.17) is 0 Å². The van der Waals surface area contributed by atoms with Crippen molar-refractivity contribution in [3.05, 3.63) is 83.4 Å². The molecule has 0 aliphatic carbocycles. The smallest absolute Gasteiger partial charge is 0.295 e. The second kappa shape index (κ2) is 10.7. The van der Waals surface area contributed by atoms with Gasteiger partial charge in [0.2, 0.25) is 0 Å². The molecule has 8 heteroatoms. The molecule has 1 atom stereocenters. The van der Waals surface area contributed by atoms with Crippen LogP contribution in [-0.4, -0.2) is 67.5 Å². The van der Waals surface area contributed by atoms with Gasteiger partial charge in [-0.2, -0.15) is 5.10 Å². The van der Waals surface area contributed by atoms with E-state index in [0.717, 1.165) is 25.3 Å². The van der Waals surface area contributed by atoms with Crippen molar-refractivity contribution >= 4 is 17.4 Å². The third-order valence-corrected chi connectivity index (χ3v) is 6.54. The molecule has 1 amide bonds. The van der Waals surface area contributed by atoms with Crippen LogP contribution in [0.15, 0.2) is 66.5 Å². The van der Waals surface area contributed by atoms with Crippen molar-refractivity contribution in [2.75, 3.05) is 26.2 Å². The van der Waals surface area contributed by atoms with E-state index in [2.05, 4.69) is 28.8 Å². The predicted octanol–water partition coefficient (Wildman–Crippen LogP) is 3.73. The number of aromatic nitrogens is 3. The molecule has 0 radical (unpaired) electrons. The summed E-state index contributed by atoms with van der Waals surface area (Å²) in [5, 5.41) is 15.8. The lowest BCUT2D eigenvalue weighted by molar-refractivity contribution is -0.140. The van der Waals surface area contributed by atoms with Crippen molar-refractivity contribution in [2.24, 2.45) is 0 Å². The number of aliphatic hydroxyl groups excluding tert-OH is 1. The second-order valence-electron chi connectivity index (χ2n) is 8.52. The highest BCUT2D eigenvalue weighted by molar-refractivity contribution is 6.46. The second-order valence-corrected chi connectivity index (χ2v) is 8.52. The highest BCUT2D eigenvalue weighted by Crippen LogP contribution is 2.39. The standard InChI is InChI=1S/C27H31N5O3/c1-4-30(5-2)16-11-17-31-24(22-14-9-10-15-28-22)23(26(34)27(31)35)25(33)21-18-29-32(19(21)3)20-12-7-6-8-13-20/h6-10,12-15,18,24,33H,4-5,11,16-17H2,1-3H3. The third-order valence-electron chi connectivity index (χ3n) is 6.54. The molecule has 3 heterocycles. The van der Waals surface area contributed by atoms with Gasteiger partial charge < -0.3 is 14.9 Å². The first kappa shape index (κ1) is 24.3. The van der Waals surface area contributed by atoms with Crippen LogP contribution in [0.5, 0.6) is 0 Å². The Kier molecular flexibility index (Phi) is 7.41. The molecule has 0 bridgehead atoms. The fourth-order valence-electron chi connectivity index (χ4n) is 4.58. The number of pyridine rings is 1.